The Balaban J connectivity index is 1.76. The van der Waals surface area contributed by atoms with Gasteiger partial charge in [-0.1, -0.05) is 37.3 Å². The molecule has 1 N–H and O–H groups in total. The number of hydrogen-bond acceptors (Lipinski definition) is 3. The fraction of sp³-hybridized carbons (Fsp3) is 0.550. The van der Waals surface area contributed by atoms with Crippen LogP contribution >= 0.6 is 0 Å². The molecule has 0 bridgehead atoms. The topological polar surface area (TPSA) is 77.9 Å². The molecule has 2 fully saturated rings. The van der Waals surface area contributed by atoms with Crippen molar-refractivity contribution in [2.75, 3.05) is 19.6 Å². The van der Waals surface area contributed by atoms with Crippen molar-refractivity contribution >= 4 is 17.8 Å². The van der Waals surface area contributed by atoms with E-state index < -0.39 is 17.9 Å². The third-order valence-corrected chi connectivity index (χ3v) is 5.50. The molecule has 2 heterocycles. The Morgan fingerprint density at radius 3 is 2.54 bits per heavy atom. The van der Waals surface area contributed by atoms with Gasteiger partial charge in [0, 0.05) is 32.0 Å². The van der Waals surface area contributed by atoms with Crippen LogP contribution in [-0.2, 0) is 14.4 Å². The maximum Gasteiger partial charge on any atom is 0.308 e. The smallest absolute Gasteiger partial charge is 0.308 e. The minimum absolute atomic E-state index is 0.0249. The molecule has 140 valence electrons. The summed E-state index contributed by atoms with van der Waals surface area (Å²) in [5.41, 5.74) is 0.945. The van der Waals surface area contributed by atoms with Crippen LogP contribution in [-0.4, -0.2) is 58.4 Å². The Kier molecular flexibility index (Phi) is 5.59. The Morgan fingerprint density at radius 1 is 1.15 bits per heavy atom. The number of carbonyl (C=O) groups is 3. The first-order valence-electron chi connectivity index (χ1n) is 9.39. The summed E-state index contributed by atoms with van der Waals surface area (Å²) >= 11 is 0. The summed E-state index contributed by atoms with van der Waals surface area (Å²) in [6.07, 6.45) is 2.70. The van der Waals surface area contributed by atoms with Crippen LogP contribution in [0, 0.1) is 5.92 Å². The molecule has 1 aromatic rings. The number of rotatable bonds is 5. The van der Waals surface area contributed by atoms with Gasteiger partial charge in [0.1, 0.15) is 6.04 Å². The summed E-state index contributed by atoms with van der Waals surface area (Å²) < 4.78 is 0. The summed E-state index contributed by atoms with van der Waals surface area (Å²) in [5.74, 6) is -1.77. The van der Waals surface area contributed by atoms with Crippen molar-refractivity contribution in [1.29, 1.82) is 0 Å². The Hall–Kier alpha value is -2.37. The molecule has 1 aromatic carbocycles. The lowest BCUT2D eigenvalue weighted by Gasteiger charge is -2.28. The van der Waals surface area contributed by atoms with Crippen LogP contribution in [0.15, 0.2) is 30.3 Å². The van der Waals surface area contributed by atoms with Gasteiger partial charge in [-0.15, -0.1) is 0 Å². The molecule has 0 aromatic heterocycles. The standard InChI is InChI=1S/C20H26N2O4/c1-2-7-18(23)22-11-6-10-17(22)19(24)21-12-15(16(13-21)20(25)26)14-8-4-3-5-9-14/h3-5,8-9,15-17H,2,6-7,10-13H2,1H3,(H,25,26)/t15-,16-,17?/m0/s1. The first kappa shape index (κ1) is 18.4. The van der Waals surface area contributed by atoms with Crippen molar-refractivity contribution in [3.63, 3.8) is 0 Å². The Morgan fingerprint density at radius 2 is 1.88 bits per heavy atom. The molecule has 2 aliphatic rings. The molecule has 0 saturated carbocycles. The van der Waals surface area contributed by atoms with Gasteiger partial charge in [0.2, 0.25) is 11.8 Å². The number of benzene rings is 1. The first-order chi connectivity index (χ1) is 12.5. The predicted molar refractivity (Wildman–Crippen MR) is 96.5 cm³/mol. The van der Waals surface area contributed by atoms with Crippen molar-refractivity contribution in [3.05, 3.63) is 35.9 Å². The lowest BCUT2D eigenvalue weighted by Crippen LogP contribution is -2.47. The molecule has 6 nitrogen and oxygen atoms in total. The van der Waals surface area contributed by atoms with Gasteiger partial charge in [-0.3, -0.25) is 14.4 Å². The summed E-state index contributed by atoms with van der Waals surface area (Å²) in [6.45, 7) is 3.17. The second-order valence-electron chi connectivity index (χ2n) is 7.20. The monoisotopic (exact) mass is 358 g/mol. The van der Waals surface area contributed by atoms with Gasteiger partial charge < -0.3 is 14.9 Å². The number of likely N-dealkylation sites (tertiary alicyclic amines) is 2. The molecule has 3 atom stereocenters. The number of hydrogen-bond donors (Lipinski definition) is 1. The van der Waals surface area contributed by atoms with Crippen LogP contribution in [0.5, 0.6) is 0 Å². The Bertz CT molecular complexity index is 676. The summed E-state index contributed by atoms with van der Waals surface area (Å²) in [6, 6.07) is 9.08. The zero-order valence-electron chi connectivity index (χ0n) is 15.1. The average molecular weight is 358 g/mol. The number of carboxylic acid groups (broad SMARTS) is 1. The molecule has 0 aliphatic carbocycles. The van der Waals surface area contributed by atoms with Crippen molar-refractivity contribution in [2.24, 2.45) is 5.92 Å². The minimum atomic E-state index is -0.875. The molecule has 26 heavy (non-hydrogen) atoms. The highest BCUT2D eigenvalue weighted by Gasteiger charge is 2.44. The van der Waals surface area contributed by atoms with Crippen LogP contribution < -0.4 is 0 Å². The number of carbonyl (C=O) groups excluding carboxylic acids is 2. The maximum absolute atomic E-state index is 13.1. The highest BCUT2D eigenvalue weighted by atomic mass is 16.4. The van der Waals surface area contributed by atoms with Gasteiger partial charge in [-0.05, 0) is 24.8 Å². The zero-order valence-corrected chi connectivity index (χ0v) is 15.1. The lowest BCUT2D eigenvalue weighted by molar-refractivity contribution is -0.144. The van der Waals surface area contributed by atoms with E-state index in [2.05, 4.69) is 0 Å². The van der Waals surface area contributed by atoms with E-state index in [9.17, 15) is 19.5 Å². The van der Waals surface area contributed by atoms with Crippen LogP contribution in [0.3, 0.4) is 0 Å². The molecule has 2 amide bonds. The molecule has 3 rings (SSSR count). The summed E-state index contributed by atoms with van der Waals surface area (Å²) in [4.78, 5) is 40.4. The molecule has 6 heteroatoms. The second kappa shape index (κ2) is 7.89. The number of carboxylic acids is 1. The normalized spacial score (nSPS) is 25.5. The van der Waals surface area contributed by atoms with Crippen LogP contribution in [0.4, 0.5) is 0 Å². The van der Waals surface area contributed by atoms with Gasteiger partial charge in [0.25, 0.3) is 0 Å². The van der Waals surface area contributed by atoms with Crippen molar-refractivity contribution in [1.82, 2.24) is 9.80 Å². The maximum atomic E-state index is 13.1. The van der Waals surface area contributed by atoms with Gasteiger partial charge >= 0.3 is 5.97 Å². The van der Waals surface area contributed by atoms with E-state index in [4.69, 9.17) is 0 Å². The third-order valence-electron chi connectivity index (χ3n) is 5.50. The SMILES string of the molecule is CCCC(=O)N1CCCC1C(=O)N1C[C@H](C(=O)O)[C@H](c2ccccc2)C1. The Labute approximate surface area is 153 Å². The van der Waals surface area contributed by atoms with Gasteiger partial charge in [-0.2, -0.15) is 0 Å². The van der Waals surface area contributed by atoms with Crippen LogP contribution in [0.2, 0.25) is 0 Å². The summed E-state index contributed by atoms with van der Waals surface area (Å²) in [7, 11) is 0. The molecule has 2 aliphatic heterocycles. The van der Waals surface area contributed by atoms with Crippen LogP contribution in [0.25, 0.3) is 0 Å². The molecule has 1 unspecified atom stereocenters. The van der Waals surface area contributed by atoms with E-state index >= 15 is 0 Å². The molecule has 0 radical (unpaired) electrons. The van der Waals surface area contributed by atoms with E-state index in [1.807, 2.05) is 37.3 Å². The number of nitrogens with zero attached hydrogens (tertiary/aromatic N) is 2. The largest absolute Gasteiger partial charge is 0.481 e. The lowest BCUT2D eigenvalue weighted by atomic mass is 9.89. The minimum Gasteiger partial charge on any atom is -0.481 e. The average Bonchev–Trinajstić information content (AvgIpc) is 3.29. The van der Waals surface area contributed by atoms with Crippen molar-refractivity contribution in [3.8, 4) is 0 Å². The van der Waals surface area contributed by atoms with Gasteiger partial charge in [-0.25, -0.2) is 0 Å². The highest BCUT2D eigenvalue weighted by molar-refractivity contribution is 5.89. The van der Waals surface area contributed by atoms with Crippen LogP contribution in [0.1, 0.15) is 44.1 Å². The first-order valence-corrected chi connectivity index (χ1v) is 9.39. The van der Waals surface area contributed by atoms with Crippen molar-refractivity contribution < 1.29 is 19.5 Å². The molecular formula is C20H26N2O4. The fourth-order valence-corrected chi connectivity index (χ4v) is 4.16. The van der Waals surface area contributed by atoms with E-state index in [0.717, 1.165) is 18.4 Å². The van der Waals surface area contributed by atoms with E-state index in [0.29, 0.717) is 25.9 Å². The molecule has 2 saturated heterocycles. The number of aliphatic carboxylic acids is 1. The van der Waals surface area contributed by atoms with E-state index in [1.165, 1.54) is 0 Å². The summed E-state index contributed by atoms with van der Waals surface area (Å²) in [5, 5.41) is 9.62. The van der Waals surface area contributed by atoms with E-state index in [-0.39, 0.29) is 24.3 Å². The predicted octanol–water partition coefficient (Wildman–Crippen LogP) is 2.10. The van der Waals surface area contributed by atoms with E-state index in [1.54, 1.807) is 9.80 Å². The van der Waals surface area contributed by atoms with Gasteiger partial charge in [0.05, 0.1) is 5.92 Å². The molecule has 0 spiro atoms. The van der Waals surface area contributed by atoms with Gasteiger partial charge in [0.15, 0.2) is 0 Å². The third kappa shape index (κ3) is 3.59. The number of amides is 2. The quantitative estimate of drug-likeness (QED) is 0.874. The fourth-order valence-electron chi connectivity index (χ4n) is 4.16. The second-order valence-corrected chi connectivity index (χ2v) is 7.20. The highest BCUT2D eigenvalue weighted by Crippen LogP contribution is 2.34. The van der Waals surface area contributed by atoms with Crippen molar-refractivity contribution in [2.45, 2.75) is 44.6 Å². The zero-order chi connectivity index (χ0) is 18.7. The molecular weight excluding hydrogens is 332 g/mol.